The molecule has 144 valence electrons. The number of aryl methyl sites for hydroxylation is 1. The van der Waals surface area contributed by atoms with Gasteiger partial charge in [0.25, 0.3) is 0 Å². The number of nitrogens with one attached hydrogen (secondary N) is 1. The lowest BCUT2D eigenvalue weighted by molar-refractivity contribution is 0.138. The molecule has 1 heterocycles. The fourth-order valence-corrected chi connectivity index (χ4v) is 4.27. The van der Waals surface area contributed by atoms with E-state index in [-0.39, 0.29) is 6.10 Å². The largest absolute Gasteiger partial charge is 0.490 e. The Labute approximate surface area is 163 Å². The molecule has 1 aliphatic heterocycles. The molecule has 1 atom stereocenters. The van der Waals surface area contributed by atoms with E-state index in [1.807, 2.05) is 0 Å². The van der Waals surface area contributed by atoms with E-state index in [2.05, 4.69) is 60.8 Å². The second-order valence-electron chi connectivity index (χ2n) is 7.87. The molecule has 0 bridgehead atoms. The Balaban J connectivity index is 1.33. The van der Waals surface area contributed by atoms with Crippen LogP contribution in [-0.2, 0) is 6.42 Å². The van der Waals surface area contributed by atoms with Crippen LogP contribution in [-0.4, -0.2) is 18.7 Å². The molecule has 0 saturated heterocycles. The van der Waals surface area contributed by atoms with Gasteiger partial charge < -0.3 is 14.8 Å². The minimum atomic E-state index is 0.163. The Kier molecular flexibility index (Phi) is 5.98. The molecular weight excluding hydrogens is 334 g/mol. The molecule has 2 aliphatic rings. The van der Waals surface area contributed by atoms with Crippen molar-refractivity contribution < 1.29 is 9.47 Å². The molecule has 1 N–H and O–H groups in total. The predicted octanol–water partition coefficient (Wildman–Crippen LogP) is 5.44. The van der Waals surface area contributed by atoms with E-state index in [0.717, 1.165) is 43.7 Å². The van der Waals surface area contributed by atoms with Crippen LogP contribution in [0.3, 0.4) is 0 Å². The third-order valence-corrected chi connectivity index (χ3v) is 5.81. The van der Waals surface area contributed by atoms with Gasteiger partial charge in [-0.25, -0.2) is 0 Å². The molecule has 27 heavy (non-hydrogen) atoms. The summed E-state index contributed by atoms with van der Waals surface area (Å²) in [5.74, 6) is 2.01. The topological polar surface area (TPSA) is 30.5 Å². The zero-order chi connectivity index (χ0) is 18.5. The van der Waals surface area contributed by atoms with Crippen LogP contribution in [0.5, 0.6) is 11.5 Å². The predicted molar refractivity (Wildman–Crippen MR) is 110 cm³/mol. The first-order chi connectivity index (χ1) is 13.3. The van der Waals surface area contributed by atoms with Crippen molar-refractivity contribution in [2.24, 2.45) is 0 Å². The molecule has 2 aromatic carbocycles. The maximum Gasteiger partial charge on any atom is 0.124 e. The smallest absolute Gasteiger partial charge is 0.124 e. The van der Waals surface area contributed by atoms with Crippen LogP contribution in [0.25, 0.3) is 0 Å². The van der Waals surface area contributed by atoms with Gasteiger partial charge in [0.15, 0.2) is 0 Å². The average molecular weight is 366 g/mol. The van der Waals surface area contributed by atoms with Crippen molar-refractivity contribution in [1.29, 1.82) is 0 Å². The monoisotopic (exact) mass is 365 g/mol. The van der Waals surface area contributed by atoms with Crippen LogP contribution in [0.4, 0.5) is 0 Å². The van der Waals surface area contributed by atoms with Crippen molar-refractivity contribution in [3.05, 3.63) is 59.7 Å². The molecule has 1 unspecified atom stereocenters. The molecular formula is C24H31NO2. The standard InChI is InChI=1S/C24H31NO2/c1-2-16-25-20-9-11-21(12-10-20)26-22-13-15-24-19(17-22)8-14-23(27-24)18-6-4-3-5-7-18/h3-7,13,15,17,20-21,23,25H,2,8-12,14,16H2,1H3. The van der Waals surface area contributed by atoms with Gasteiger partial charge in [-0.3, -0.25) is 0 Å². The molecule has 0 spiro atoms. The van der Waals surface area contributed by atoms with Crippen LogP contribution in [0, 0.1) is 0 Å². The quantitative estimate of drug-likeness (QED) is 0.739. The zero-order valence-corrected chi connectivity index (χ0v) is 16.3. The molecule has 1 saturated carbocycles. The van der Waals surface area contributed by atoms with Gasteiger partial charge in [0.2, 0.25) is 0 Å². The Hall–Kier alpha value is -2.00. The van der Waals surface area contributed by atoms with E-state index < -0.39 is 0 Å². The SMILES string of the molecule is CCCNC1CCC(Oc2ccc3c(c2)CCC(c2ccccc2)O3)CC1. The van der Waals surface area contributed by atoms with Gasteiger partial charge >= 0.3 is 0 Å². The minimum absolute atomic E-state index is 0.163. The summed E-state index contributed by atoms with van der Waals surface area (Å²) in [4.78, 5) is 0. The number of benzene rings is 2. The third kappa shape index (κ3) is 4.65. The maximum atomic E-state index is 6.30. The second kappa shape index (κ2) is 8.79. The van der Waals surface area contributed by atoms with Crippen molar-refractivity contribution >= 4 is 0 Å². The normalized spacial score (nSPS) is 24.7. The molecule has 3 heteroatoms. The summed E-state index contributed by atoms with van der Waals surface area (Å²) in [6.07, 6.45) is 8.51. The van der Waals surface area contributed by atoms with E-state index in [9.17, 15) is 0 Å². The Morgan fingerprint density at radius 2 is 1.81 bits per heavy atom. The van der Waals surface area contributed by atoms with Crippen LogP contribution in [0.2, 0.25) is 0 Å². The lowest BCUT2D eigenvalue weighted by Gasteiger charge is -2.30. The summed E-state index contributed by atoms with van der Waals surface area (Å²) in [6.45, 7) is 3.36. The number of rotatable bonds is 6. The molecule has 2 aromatic rings. The summed E-state index contributed by atoms with van der Waals surface area (Å²) < 4.78 is 12.6. The molecule has 4 rings (SSSR count). The van der Waals surface area contributed by atoms with Crippen LogP contribution in [0.15, 0.2) is 48.5 Å². The van der Waals surface area contributed by atoms with Gasteiger partial charge in [0, 0.05) is 6.04 Å². The summed E-state index contributed by atoms with van der Waals surface area (Å²) >= 11 is 0. The van der Waals surface area contributed by atoms with Crippen molar-refractivity contribution in [3.8, 4) is 11.5 Å². The van der Waals surface area contributed by atoms with E-state index >= 15 is 0 Å². The van der Waals surface area contributed by atoms with Crippen LogP contribution < -0.4 is 14.8 Å². The van der Waals surface area contributed by atoms with Crippen LogP contribution in [0.1, 0.15) is 62.7 Å². The Bertz CT molecular complexity index is 722. The summed E-state index contributed by atoms with van der Waals surface area (Å²) in [7, 11) is 0. The molecule has 0 radical (unpaired) electrons. The summed E-state index contributed by atoms with van der Waals surface area (Å²) in [6, 6.07) is 17.6. The highest BCUT2D eigenvalue weighted by atomic mass is 16.5. The third-order valence-electron chi connectivity index (χ3n) is 5.81. The zero-order valence-electron chi connectivity index (χ0n) is 16.3. The van der Waals surface area contributed by atoms with Crippen LogP contribution >= 0.6 is 0 Å². The number of hydrogen-bond acceptors (Lipinski definition) is 3. The highest BCUT2D eigenvalue weighted by Gasteiger charge is 2.24. The first-order valence-electron chi connectivity index (χ1n) is 10.6. The Morgan fingerprint density at radius 3 is 2.59 bits per heavy atom. The van der Waals surface area contributed by atoms with Gasteiger partial charge in [-0.1, -0.05) is 37.3 Å². The van der Waals surface area contributed by atoms with Crippen molar-refractivity contribution in [2.75, 3.05) is 6.54 Å². The first kappa shape index (κ1) is 18.4. The van der Waals surface area contributed by atoms with E-state index in [1.165, 1.54) is 30.4 Å². The van der Waals surface area contributed by atoms with E-state index in [1.54, 1.807) is 0 Å². The molecule has 0 amide bonds. The molecule has 1 aliphatic carbocycles. The number of hydrogen-bond donors (Lipinski definition) is 1. The van der Waals surface area contributed by atoms with Gasteiger partial charge in [-0.05, 0) is 80.8 Å². The van der Waals surface area contributed by atoms with Gasteiger partial charge in [0.1, 0.15) is 17.6 Å². The van der Waals surface area contributed by atoms with Crippen molar-refractivity contribution in [3.63, 3.8) is 0 Å². The lowest BCUT2D eigenvalue weighted by Crippen LogP contribution is -2.36. The number of fused-ring (bicyclic) bond motifs is 1. The van der Waals surface area contributed by atoms with Crippen molar-refractivity contribution in [1.82, 2.24) is 5.32 Å². The summed E-state index contributed by atoms with van der Waals surface area (Å²) in [5, 5.41) is 3.64. The first-order valence-corrected chi connectivity index (χ1v) is 10.6. The fourth-order valence-electron chi connectivity index (χ4n) is 4.27. The summed E-state index contributed by atoms with van der Waals surface area (Å²) in [5.41, 5.74) is 2.54. The molecule has 3 nitrogen and oxygen atoms in total. The van der Waals surface area contributed by atoms with E-state index in [0.29, 0.717) is 12.1 Å². The van der Waals surface area contributed by atoms with Gasteiger partial charge in [0.05, 0.1) is 6.10 Å². The number of ether oxygens (including phenoxy) is 2. The molecule has 1 fully saturated rings. The highest BCUT2D eigenvalue weighted by molar-refractivity contribution is 5.42. The van der Waals surface area contributed by atoms with Gasteiger partial charge in [-0.2, -0.15) is 0 Å². The highest BCUT2D eigenvalue weighted by Crippen LogP contribution is 2.37. The van der Waals surface area contributed by atoms with Crippen molar-refractivity contribution in [2.45, 2.75) is 70.1 Å². The molecule has 0 aromatic heterocycles. The van der Waals surface area contributed by atoms with E-state index in [4.69, 9.17) is 9.47 Å². The van der Waals surface area contributed by atoms with Gasteiger partial charge in [-0.15, -0.1) is 0 Å². The minimum Gasteiger partial charge on any atom is -0.490 e. The second-order valence-corrected chi connectivity index (χ2v) is 7.87. The lowest BCUT2D eigenvalue weighted by atomic mass is 9.92. The fraction of sp³-hybridized carbons (Fsp3) is 0.500. The Morgan fingerprint density at radius 1 is 1.00 bits per heavy atom. The average Bonchev–Trinajstić information content (AvgIpc) is 2.73. The maximum absolute atomic E-state index is 6.30.